The largest absolute Gasteiger partial charge is 0.507 e. The van der Waals surface area contributed by atoms with Gasteiger partial charge in [-0.15, -0.1) is 0 Å². The first-order chi connectivity index (χ1) is 8.18. The van der Waals surface area contributed by atoms with Gasteiger partial charge in [-0.3, -0.25) is 0 Å². The van der Waals surface area contributed by atoms with Crippen molar-refractivity contribution < 1.29 is 19.7 Å². The molecular formula is C13H17BrO4. The van der Waals surface area contributed by atoms with Gasteiger partial charge in [-0.05, 0) is 17.5 Å². The van der Waals surface area contributed by atoms with Gasteiger partial charge in [0.15, 0.2) is 6.10 Å². The average molecular weight is 317 g/mol. The third-order valence-corrected chi connectivity index (χ3v) is 3.09. The molecule has 0 bridgehead atoms. The second kappa shape index (κ2) is 5.28. The Labute approximate surface area is 115 Å². The highest BCUT2D eigenvalue weighted by molar-refractivity contribution is 9.10. The van der Waals surface area contributed by atoms with E-state index in [4.69, 9.17) is 0 Å². The zero-order valence-electron chi connectivity index (χ0n) is 10.8. The van der Waals surface area contributed by atoms with Crippen molar-refractivity contribution >= 4 is 21.9 Å². The lowest BCUT2D eigenvalue weighted by atomic mass is 9.84. The summed E-state index contributed by atoms with van der Waals surface area (Å²) in [5, 5.41) is 20.0. The number of methoxy groups -OCH3 is 1. The summed E-state index contributed by atoms with van der Waals surface area (Å²) in [5.41, 5.74) is 0.481. The quantitative estimate of drug-likeness (QED) is 0.823. The van der Waals surface area contributed by atoms with Crippen LogP contribution in [0.2, 0.25) is 0 Å². The SMILES string of the molecule is COC(=O)C(O)c1cc(Br)cc(C(C)(C)C)c1O. The third kappa shape index (κ3) is 3.03. The number of phenols is 1. The number of hydrogen-bond donors (Lipinski definition) is 2. The summed E-state index contributed by atoms with van der Waals surface area (Å²) in [6.45, 7) is 5.80. The van der Waals surface area contributed by atoms with Gasteiger partial charge in [0.2, 0.25) is 0 Å². The van der Waals surface area contributed by atoms with Crippen molar-refractivity contribution in [2.75, 3.05) is 7.11 Å². The van der Waals surface area contributed by atoms with E-state index >= 15 is 0 Å². The van der Waals surface area contributed by atoms with Crippen LogP contribution in [0.25, 0.3) is 0 Å². The van der Waals surface area contributed by atoms with Crippen molar-refractivity contribution in [3.8, 4) is 5.75 Å². The molecule has 0 aliphatic carbocycles. The molecule has 1 unspecified atom stereocenters. The Hall–Kier alpha value is -1.07. The van der Waals surface area contributed by atoms with Gasteiger partial charge in [-0.1, -0.05) is 36.7 Å². The van der Waals surface area contributed by atoms with Gasteiger partial charge in [-0.25, -0.2) is 4.79 Å². The van der Waals surface area contributed by atoms with Gasteiger partial charge in [0.1, 0.15) is 5.75 Å². The van der Waals surface area contributed by atoms with E-state index in [1.54, 1.807) is 6.07 Å². The molecule has 0 saturated heterocycles. The highest BCUT2D eigenvalue weighted by atomic mass is 79.9. The first kappa shape index (κ1) is 15.0. The molecule has 1 atom stereocenters. The second-order valence-electron chi connectivity index (χ2n) is 5.07. The first-order valence-corrected chi connectivity index (χ1v) is 6.26. The number of esters is 1. The Kier molecular flexibility index (Phi) is 4.40. The number of aliphatic hydroxyl groups excluding tert-OH is 1. The smallest absolute Gasteiger partial charge is 0.339 e. The maximum Gasteiger partial charge on any atom is 0.339 e. The second-order valence-corrected chi connectivity index (χ2v) is 5.98. The third-order valence-electron chi connectivity index (χ3n) is 2.63. The van der Waals surface area contributed by atoms with Crippen molar-refractivity contribution in [3.05, 3.63) is 27.7 Å². The van der Waals surface area contributed by atoms with E-state index in [2.05, 4.69) is 20.7 Å². The van der Waals surface area contributed by atoms with Crippen LogP contribution in [0.15, 0.2) is 16.6 Å². The van der Waals surface area contributed by atoms with Crippen LogP contribution in [0, 0.1) is 0 Å². The van der Waals surface area contributed by atoms with E-state index in [9.17, 15) is 15.0 Å². The highest BCUT2D eigenvalue weighted by Gasteiger charge is 2.27. The molecule has 0 amide bonds. The number of carbonyl (C=O) groups excluding carboxylic acids is 1. The first-order valence-electron chi connectivity index (χ1n) is 5.47. The van der Waals surface area contributed by atoms with Gasteiger partial charge in [0.05, 0.1) is 7.11 Å². The number of rotatable bonds is 2. The maximum absolute atomic E-state index is 11.3. The molecule has 4 nitrogen and oxygen atoms in total. The monoisotopic (exact) mass is 316 g/mol. The van der Waals surface area contributed by atoms with Crippen LogP contribution in [0.5, 0.6) is 5.75 Å². The molecule has 0 saturated carbocycles. The Morgan fingerprint density at radius 2 is 1.94 bits per heavy atom. The Bertz CT molecular complexity index is 463. The zero-order chi connectivity index (χ0) is 14.1. The predicted molar refractivity (Wildman–Crippen MR) is 71.5 cm³/mol. The topological polar surface area (TPSA) is 66.8 Å². The number of aliphatic hydroxyl groups is 1. The number of carbonyl (C=O) groups is 1. The molecule has 1 aromatic rings. The molecule has 0 heterocycles. The van der Waals surface area contributed by atoms with Gasteiger partial charge < -0.3 is 14.9 Å². The van der Waals surface area contributed by atoms with Crippen LogP contribution in [0.3, 0.4) is 0 Å². The minimum absolute atomic E-state index is 0.0800. The van der Waals surface area contributed by atoms with Crippen LogP contribution >= 0.6 is 15.9 Å². The summed E-state index contributed by atoms with van der Waals surface area (Å²) < 4.78 is 5.15. The number of aromatic hydroxyl groups is 1. The number of ether oxygens (including phenoxy) is 1. The zero-order valence-corrected chi connectivity index (χ0v) is 12.4. The van der Waals surface area contributed by atoms with Gasteiger partial charge in [0.25, 0.3) is 0 Å². The maximum atomic E-state index is 11.3. The molecule has 100 valence electrons. The Morgan fingerprint density at radius 3 is 2.39 bits per heavy atom. The molecule has 0 radical (unpaired) electrons. The van der Waals surface area contributed by atoms with Crippen LogP contribution in [-0.4, -0.2) is 23.3 Å². The minimum atomic E-state index is -1.49. The van der Waals surface area contributed by atoms with Crippen LogP contribution in [-0.2, 0) is 14.9 Å². The summed E-state index contributed by atoms with van der Waals surface area (Å²) in [7, 11) is 1.19. The van der Waals surface area contributed by atoms with Crippen LogP contribution in [0.4, 0.5) is 0 Å². The number of halogens is 1. The van der Waals surface area contributed by atoms with Crippen molar-refractivity contribution in [2.24, 2.45) is 0 Å². The summed E-state index contributed by atoms with van der Waals surface area (Å²) in [6.07, 6.45) is -1.49. The number of hydrogen-bond acceptors (Lipinski definition) is 4. The van der Waals surface area contributed by atoms with Crippen LogP contribution in [0.1, 0.15) is 38.0 Å². The number of phenolic OH excluding ortho intramolecular Hbond substituents is 1. The lowest BCUT2D eigenvalue weighted by Crippen LogP contribution is -2.17. The molecule has 0 aliphatic rings. The fraction of sp³-hybridized carbons (Fsp3) is 0.462. The Balaban J connectivity index is 3.38. The van der Waals surface area contributed by atoms with E-state index in [1.807, 2.05) is 20.8 Å². The molecular weight excluding hydrogens is 300 g/mol. The van der Waals surface area contributed by atoms with Crippen LogP contribution < -0.4 is 0 Å². The van der Waals surface area contributed by atoms with Crippen molar-refractivity contribution in [1.82, 2.24) is 0 Å². The average Bonchev–Trinajstić information content (AvgIpc) is 2.28. The minimum Gasteiger partial charge on any atom is -0.507 e. The fourth-order valence-corrected chi connectivity index (χ4v) is 2.11. The summed E-state index contributed by atoms with van der Waals surface area (Å²) >= 11 is 3.30. The summed E-state index contributed by atoms with van der Waals surface area (Å²) in [6, 6.07) is 3.27. The van der Waals surface area contributed by atoms with Crippen molar-refractivity contribution in [1.29, 1.82) is 0 Å². The van der Waals surface area contributed by atoms with E-state index in [0.29, 0.717) is 10.0 Å². The van der Waals surface area contributed by atoms with Gasteiger partial charge in [-0.2, -0.15) is 0 Å². The van der Waals surface area contributed by atoms with Crippen molar-refractivity contribution in [2.45, 2.75) is 32.3 Å². The molecule has 18 heavy (non-hydrogen) atoms. The highest BCUT2D eigenvalue weighted by Crippen LogP contribution is 2.38. The van der Waals surface area contributed by atoms with E-state index in [1.165, 1.54) is 13.2 Å². The van der Waals surface area contributed by atoms with Gasteiger partial charge >= 0.3 is 5.97 Å². The van der Waals surface area contributed by atoms with E-state index in [0.717, 1.165) is 0 Å². The van der Waals surface area contributed by atoms with Crippen molar-refractivity contribution in [3.63, 3.8) is 0 Å². The molecule has 1 aromatic carbocycles. The summed E-state index contributed by atoms with van der Waals surface area (Å²) in [5.74, 6) is -0.883. The standard InChI is InChI=1S/C13H17BrO4/c1-13(2,3)9-6-7(14)5-8(10(9)15)11(16)12(17)18-4/h5-6,11,15-16H,1-4H3. The Morgan fingerprint density at radius 1 is 1.39 bits per heavy atom. The molecule has 0 fully saturated rings. The summed E-state index contributed by atoms with van der Waals surface area (Å²) in [4.78, 5) is 11.3. The molecule has 0 spiro atoms. The molecule has 0 aromatic heterocycles. The van der Waals surface area contributed by atoms with E-state index in [-0.39, 0.29) is 16.7 Å². The molecule has 5 heteroatoms. The number of benzene rings is 1. The lowest BCUT2D eigenvalue weighted by Gasteiger charge is -2.23. The normalized spacial score (nSPS) is 13.2. The molecule has 0 aliphatic heterocycles. The predicted octanol–water partition coefficient (Wildman–Crippen LogP) is 2.66. The molecule has 1 rings (SSSR count). The fourth-order valence-electron chi connectivity index (χ4n) is 1.64. The van der Waals surface area contributed by atoms with E-state index < -0.39 is 12.1 Å². The van der Waals surface area contributed by atoms with Gasteiger partial charge in [0, 0.05) is 15.6 Å². The lowest BCUT2D eigenvalue weighted by molar-refractivity contribution is -0.150. The molecule has 2 N–H and O–H groups in total.